The van der Waals surface area contributed by atoms with Crippen molar-refractivity contribution < 1.29 is 28.6 Å². The molecule has 0 aliphatic carbocycles. The summed E-state index contributed by atoms with van der Waals surface area (Å²) in [5, 5.41) is 0. The second kappa shape index (κ2) is 27.4. The van der Waals surface area contributed by atoms with Gasteiger partial charge in [-0.25, -0.2) is 0 Å². The molecule has 0 fully saturated rings. The van der Waals surface area contributed by atoms with Crippen LogP contribution in [-0.4, -0.2) is 37.7 Å². The maximum atomic E-state index is 11.6. The molecule has 182 valence electrons. The molecule has 0 rings (SSSR count). The summed E-state index contributed by atoms with van der Waals surface area (Å²) in [4.78, 5) is 34.9. The fourth-order valence-corrected chi connectivity index (χ4v) is 1.96. The number of ether oxygens (including phenoxy) is 3. The van der Waals surface area contributed by atoms with Gasteiger partial charge in [-0.1, -0.05) is 69.2 Å². The topological polar surface area (TPSA) is 78.9 Å². The molecule has 0 unspecified atom stereocenters. The van der Waals surface area contributed by atoms with E-state index in [2.05, 4.69) is 0 Å². The Morgan fingerprint density at radius 1 is 0.533 bits per heavy atom. The molecule has 30 heavy (non-hydrogen) atoms. The monoisotopic (exact) mass is 434 g/mol. The number of carbonyl (C=O) groups is 3. The summed E-state index contributed by atoms with van der Waals surface area (Å²) in [6, 6.07) is 0. The van der Waals surface area contributed by atoms with Crippen molar-refractivity contribution in [3.8, 4) is 0 Å². The van der Waals surface area contributed by atoms with E-state index in [1.807, 2.05) is 69.2 Å². The Morgan fingerprint density at radius 2 is 0.767 bits per heavy atom. The SMILES string of the molecule is CC.CC.CC.CCCC(=O)OCC(CC)(COC(=O)CCC)COC(=O)CCC. The molecule has 0 aromatic rings. The molecule has 0 atom stereocenters. The maximum Gasteiger partial charge on any atom is 0.305 e. The molecule has 0 aromatic carbocycles. The first kappa shape index (κ1) is 35.8. The lowest BCUT2D eigenvalue weighted by molar-refractivity contribution is -0.162. The lowest BCUT2D eigenvalue weighted by atomic mass is 9.88. The van der Waals surface area contributed by atoms with E-state index in [1.54, 1.807) is 0 Å². The molecule has 0 heterocycles. The summed E-state index contributed by atoms with van der Waals surface area (Å²) in [7, 11) is 0. The van der Waals surface area contributed by atoms with Gasteiger partial charge in [0.05, 0.1) is 5.41 Å². The van der Waals surface area contributed by atoms with Crippen LogP contribution in [0, 0.1) is 5.41 Å². The third kappa shape index (κ3) is 21.1. The number of hydrogen-bond donors (Lipinski definition) is 0. The zero-order valence-corrected chi connectivity index (χ0v) is 21.5. The van der Waals surface area contributed by atoms with Crippen LogP contribution in [0.25, 0.3) is 0 Å². The van der Waals surface area contributed by atoms with Crippen LogP contribution in [0.15, 0.2) is 0 Å². The molecule has 0 spiro atoms. The van der Waals surface area contributed by atoms with Crippen LogP contribution in [0.2, 0.25) is 0 Å². The molecular weight excluding hydrogens is 384 g/mol. The first-order valence-electron chi connectivity index (χ1n) is 11.9. The molecule has 6 nitrogen and oxygen atoms in total. The Bertz CT molecular complexity index is 338. The van der Waals surface area contributed by atoms with Gasteiger partial charge in [-0.2, -0.15) is 0 Å². The molecule has 0 amide bonds. The standard InChI is InChI=1S/C18H32O6.3C2H6/c1-5-9-15(19)22-12-18(8-4,13-23-16(20)10-6-2)14-24-17(21)11-7-3;3*1-2/h5-14H2,1-4H3;3*1-2H3. The number of rotatable bonds is 13. The molecule has 0 N–H and O–H groups in total. The Morgan fingerprint density at radius 3 is 0.933 bits per heavy atom. The lowest BCUT2D eigenvalue weighted by Crippen LogP contribution is -2.39. The number of hydrogen-bond acceptors (Lipinski definition) is 6. The van der Waals surface area contributed by atoms with Gasteiger partial charge in [0.15, 0.2) is 0 Å². The molecule has 0 saturated carbocycles. The van der Waals surface area contributed by atoms with Crippen LogP contribution >= 0.6 is 0 Å². The van der Waals surface area contributed by atoms with E-state index in [0.29, 0.717) is 44.9 Å². The summed E-state index contributed by atoms with van der Waals surface area (Å²) in [5.41, 5.74) is -0.698. The average molecular weight is 435 g/mol. The molecule has 0 saturated heterocycles. The molecule has 6 heteroatoms. The molecule has 0 bridgehead atoms. The molecule has 0 aliphatic rings. The van der Waals surface area contributed by atoms with Crippen molar-refractivity contribution in [1.29, 1.82) is 0 Å². The van der Waals surface area contributed by atoms with Gasteiger partial charge < -0.3 is 14.2 Å². The molecular formula is C24H50O6. The summed E-state index contributed by atoms with van der Waals surface area (Å²) >= 11 is 0. The predicted octanol–water partition coefficient (Wildman–Crippen LogP) is 6.49. The van der Waals surface area contributed by atoms with Gasteiger partial charge in [0.25, 0.3) is 0 Å². The van der Waals surface area contributed by atoms with E-state index >= 15 is 0 Å². The van der Waals surface area contributed by atoms with Gasteiger partial charge >= 0.3 is 17.9 Å². The minimum absolute atomic E-state index is 0.0706. The fraction of sp³-hybridized carbons (Fsp3) is 0.875. The molecule has 0 radical (unpaired) electrons. The van der Waals surface area contributed by atoms with Crippen molar-refractivity contribution in [3.63, 3.8) is 0 Å². The van der Waals surface area contributed by atoms with Crippen LogP contribution in [0.4, 0.5) is 0 Å². The summed E-state index contributed by atoms with van der Waals surface area (Å²) < 4.78 is 15.9. The Kier molecular flexibility index (Phi) is 32.7. The first-order valence-corrected chi connectivity index (χ1v) is 11.9. The van der Waals surface area contributed by atoms with Crippen LogP contribution in [0.3, 0.4) is 0 Å². The van der Waals surface area contributed by atoms with E-state index < -0.39 is 5.41 Å². The van der Waals surface area contributed by atoms with Gasteiger partial charge in [0, 0.05) is 19.3 Å². The van der Waals surface area contributed by atoms with Gasteiger partial charge in [0.1, 0.15) is 19.8 Å². The fourth-order valence-electron chi connectivity index (χ4n) is 1.96. The minimum atomic E-state index is -0.698. The van der Waals surface area contributed by atoms with E-state index in [4.69, 9.17) is 14.2 Å². The average Bonchev–Trinajstić information content (AvgIpc) is 2.78. The van der Waals surface area contributed by atoms with Crippen molar-refractivity contribution in [2.45, 2.75) is 114 Å². The maximum absolute atomic E-state index is 11.6. The summed E-state index contributed by atoms with van der Waals surface area (Å²) in [5.74, 6) is -0.889. The lowest BCUT2D eigenvalue weighted by Gasteiger charge is -2.31. The molecule has 0 aromatic heterocycles. The minimum Gasteiger partial charge on any atom is -0.465 e. The van der Waals surface area contributed by atoms with E-state index in [-0.39, 0.29) is 37.7 Å². The van der Waals surface area contributed by atoms with E-state index in [1.165, 1.54) is 0 Å². The van der Waals surface area contributed by atoms with Gasteiger partial charge in [-0.3, -0.25) is 14.4 Å². The Balaban J connectivity index is -0.000000512. The van der Waals surface area contributed by atoms with Crippen molar-refractivity contribution >= 4 is 17.9 Å². The van der Waals surface area contributed by atoms with Crippen molar-refractivity contribution in [3.05, 3.63) is 0 Å². The smallest absolute Gasteiger partial charge is 0.305 e. The Labute approximate surface area is 186 Å². The van der Waals surface area contributed by atoms with Crippen LogP contribution in [0.1, 0.15) is 114 Å². The third-order valence-corrected chi connectivity index (χ3v) is 3.73. The highest BCUT2D eigenvalue weighted by atomic mass is 16.6. The van der Waals surface area contributed by atoms with Gasteiger partial charge in [0.2, 0.25) is 0 Å². The third-order valence-electron chi connectivity index (χ3n) is 3.73. The summed E-state index contributed by atoms with van der Waals surface area (Å²) in [6.07, 6.45) is 3.69. The van der Waals surface area contributed by atoms with Gasteiger partial charge in [-0.15, -0.1) is 0 Å². The van der Waals surface area contributed by atoms with Gasteiger partial charge in [-0.05, 0) is 25.7 Å². The van der Waals surface area contributed by atoms with Crippen molar-refractivity contribution in [1.82, 2.24) is 0 Å². The number of carbonyl (C=O) groups excluding carboxylic acids is 3. The quantitative estimate of drug-likeness (QED) is 0.243. The second-order valence-corrected chi connectivity index (χ2v) is 6.09. The zero-order valence-electron chi connectivity index (χ0n) is 21.5. The highest BCUT2D eigenvalue weighted by Gasteiger charge is 2.34. The normalized spacial score (nSPS) is 9.40. The highest BCUT2D eigenvalue weighted by molar-refractivity contribution is 5.70. The summed E-state index contributed by atoms with van der Waals surface area (Å²) in [6.45, 7) is 19.8. The Hall–Kier alpha value is -1.59. The largest absolute Gasteiger partial charge is 0.465 e. The predicted molar refractivity (Wildman–Crippen MR) is 124 cm³/mol. The zero-order chi connectivity index (χ0) is 24.4. The van der Waals surface area contributed by atoms with Crippen molar-refractivity contribution in [2.75, 3.05) is 19.8 Å². The molecule has 0 aliphatic heterocycles. The van der Waals surface area contributed by atoms with Crippen LogP contribution in [-0.2, 0) is 28.6 Å². The van der Waals surface area contributed by atoms with E-state index in [9.17, 15) is 14.4 Å². The van der Waals surface area contributed by atoms with E-state index in [0.717, 1.165) is 0 Å². The number of esters is 3. The highest BCUT2D eigenvalue weighted by Crippen LogP contribution is 2.25. The first-order chi connectivity index (χ1) is 14.4. The van der Waals surface area contributed by atoms with Crippen LogP contribution in [0.5, 0.6) is 0 Å². The van der Waals surface area contributed by atoms with Crippen LogP contribution < -0.4 is 0 Å². The second-order valence-electron chi connectivity index (χ2n) is 6.09. The van der Waals surface area contributed by atoms with Crippen molar-refractivity contribution in [2.24, 2.45) is 5.41 Å².